The quantitative estimate of drug-likeness (QED) is 0.290. The monoisotopic (exact) mass is 467 g/mol. The number of carbonyl (C=O) groups excluding carboxylic acids is 2. The average Bonchev–Trinajstić information content (AvgIpc) is 3.11. The number of rotatable bonds is 8. The van der Waals surface area contributed by atoms with Crippen LogP contribution < -0.4 is 15.9 Å². The lowest BCUT2D eigenvalue weighted by atomic mass is 9.87. The van der Waals surface area contributed by atoms with E-state index in [1.807, 2.05) is 24.3 Å². The maximum atomic E-state index is 12.6. The van der Waals surface area contributed by atoms with Crippen LogP contribution in [0.1, 0.15) is 56.4 Å². The Hall–Kier alpha value is -3.33. The van der Waals surface area contributed by atoms with Gasteiger partial charge in [-0.1, -0.05) is 56.8 Å². The maximum Gasteiger partial charge on any atom is 0.237 e. The topological polar surface area (TPSA) is 112 Å². The fraction of sp³-hybridized carbons (Fsp3) is 0.333. The van der Waals surface area contributed by atoms with Gasteiger partial charge in [0.2, 0.25) is 11.1 Å². The van der Waals surface area contributed by atoms with E-state index < -0.39 is 5.25 Å². The van der Waals surface area contributed by atoms with Crippen molar-refractivity contribution in [1.82, 2.24) is 14.9 Å². The Morgan fingerprint density at radius 2 is 1.85 bits per heavy atom. The molecule has 3 aromatic rings. The summed E-state index contributed by atoms with van der Waals surface area (Å²) in [5, 5.41) is 10.9. The Kier molecular flexibility index (Phi) is 7.43. The summed E-state index contributed by atoms with van der Waals surface area (Å²) in [6, 6.07) is 14.7. The third-order valence-corrected chi connectivity index (χ3v) is 6.07. The van der Waals surface area contributed by atoms with E-state index in [9.17, 15) is 9.59 Å². The second-order valence-corrected chi connectivity index (χ2v) is 10.0. The molecule has 0 aliphatic carbocycles. The van der Waals surface area contributed by atoms with Gasteiger partial charge in [0.05, 0.1) is 5.25 Å². The highest BCUT2D eigenvalue weighted by Gasteiger charge is 2.20. The van der Waals surface area contributed by atoms with Crippen molar-refractivity contribution in [3.8, 4) is 5.75 Å². The summed E-state index contributed by atoms with van der Waals surface area (Å²) in [6.45, 7) is 9.85. The Bertz CT molecular complexity index is 1140. The lowest BCUT2D eigenvalue weighted by Gasteiger charge is -2.19. The second kappa shape index (κ2) is 10.1. The number of benzene rings is 2. The predicted octanol–water partition coefficient (Wildman–Crippen LogP) is 4.19. The van der Waals surface area contributed by atoms with Crippen LogP contribution in [0.4, 0.5) is 5.69 Å². The van der Waals surface area contributed by atoms with Crippen LogP contribution in [0.25, 0.3) is 0 Å². The van der Waals surface area contributed by atoms with Crippen LogP contribution in [0.2, 0.25) is 0 Å². The highest BCUT2D eigenvalue weighted by atomic mass is 32.2. The molecule has 1 atom stereocenters. The number of anilines is 1. The first-order valence-electron chi connectivity index (χ1n) is 10.6. The highest BCUT2D eigenvalue weighted by Crippen LogP contribution is 2.25. The molecule has 2 aromatic carbocycles. The number of hydrogen-bond acceptors (Lipinski definition) is 7. The van der Waals surface area contributed by atoms with Gasteiger partial charge >= 0.3 is 0 Å². The zero-order chi connectivity index (χ0) is 24.2. The Balaban J connectivity index is 1.58. The number of nitrogens with one attached hydrogen (secondary N) is 1. The van der Waals surface area contributed by atoms with Crippen molar-refractivity contribution in [3.05, 3.63) is 65.5 Å². The normalized spacial score (nSPS) is 12.3. The molecule has 0 saturated carbocycles. The molecule has 3 N–H and O–H groups in total. The van der Waals surface area contributed by atoms with Gasteiger partial charge < -0.3 is 15.9 Å². The van der Waals surface area contributed by atoms with Gasteiger partial charge in [0.1, 0.15) is 12.4 Å². The summed E-state index contributed by atoms with van der Waals surface area (Å²) < 4.78 is 7.12. The number of thioether (sulfide) groups is 1. The van der Waals surface area contributed by atoms with Crippen LogP contribution in [-0.2, 0) is 16.8 Å². The van der Waals surface area contributed by atoms with Gasteiger partial charge in [0.15, 0.2) is 11.6 Å². The standard InChI is InChI=1S/C24H29N5O3S/c1-15(30)17-7-6-8-19(13-17)26-22(31)16(2)33-23-28-27-21(29(23)25)14-32-20-11-9-18(10-12-20)24(3,4)5/h6-13,16H,14,25H2,1-5H3,(H,26,31)/t16-/m1/s1. The molecule has 8 nitrogen and oxygen atoms in total. The van der Waals surface area contributed by atoms with Crippen molar-refractivity contribution < 1.29 is 14.3 Å². The Morgan fingerprint density at radius 3 is 2.48 bits per heavy atom. The van der Waals surface area contributed by atoms with Gasteiger partial charge in [-0.05, 0) is 49.1 Å². The molecule has 0 radical (unpaired) electrons. The summed E-state index contributed by atoms with van der Waals surface area (Å²) in [5.41, 5.74) is 2.38. The average molecular weight is 468 g/mol. The minimum atomic E-state index is -0.490. The van der Waals surface area contributed by atoms with Crippen LogP contribution in [0.3, 0.4) is 0 Å². The first kappa shape index (κ1) is 24.3. The molecule has 0 spiro atoms. The van der Waals surface area contributed by atoms with Gasteiger partial charge in [-0.2, -0.15) is 0 Å². The molecule has 0 fully saturated rings. The third kappa shape index (κ3) is 6.35. The van der Waals surface area contributed by atoms with E-state index in [1.54, 1.807) is 31.2 Å². The van der Waals surface area contributed by atoms with Crippen molar-refractivity contribution in [1.29, 1.82) is 0 Å². The second-order valence-electron chi connectivity index (χ2n) is 8.72. The zero-order valence-corrected chi connectivity index (χ0v) is 20.3. The number of nitrogen functional groups attached to an aromatic ring is 1. The van der Waals surface area contributed by atoms with Gasteiger partial charge in [0, 0.05) is 11.3 Å². The number of nitrogens with two attached hydrogens (primary N) is 1. The number of nitrogens with zero attached hydrogens (tertiary/aromatic N) is 3. The van der Waals surface area contributed by atoms with Gasteiger partial charge in [-0.3, -0.25) is 9.59 Å². The fourth-order valence-corrected chi connectivity index (χ4v) is 3.75. The van der Waals surface area contributed by atoms with Crippen molar-refractivity contribution in [2.75, 3.05) is 11.2 Å². The van der Waals surface area contributed by atoms with Crippen molar-refractivity contribution >= 4 is 29.1 Å². The number of Topliss-reactive ketones (excluding diaryl/α,β-unsaturated/α-hetero) is 1. The van der Waals surface area contributed by atoms with Crippen LogP contribution >= 0.6 is 11.8 Å². The fourth-order valence-electron chi connectivity index (χ4n) is 2.96. The van der Waals surface area contributed by atoms with E-state index in [-0.39, 0.29) is 23.7 Å². The minimum absolute atomic E-state index is 0.0651. The van der Waals surface area contributed by atoms with E-state index in [0.29, 0.717) is 28.0 Å². The largest absolute Gasteiger partial charge is 0.486 e. The molecule has 0 unspecified atom stereocenters. The van der Waals surface area contributed by atoms with E-state index in [4.69, 9.17) is 10.6 Å². The molecule has 0 aliphatic heterocycles. The van der Waals surface area contributed by atoms with Gasteiger partial charge in [-0.15, -0.1) is 10.2 Å². The van der Waals surface area contributed by atoms with E-state index in [0.717, 1.165) is 0 Å². The van der Waals surface area contributed by atoms with Crippen LogP contribution in [0.15, 0.2) is 53.7 Å². The number of amides is 1. The van der Waals surface area contributed by atoms with Crippen molar-refractivity contribution in [3.63, 3.8) is 0 Å². The summed E-state index contributed by atoms with van der Waals surface area (Å²) in [6.07, 6.45) is 0. The van der Waals surface area contributed by atoms with Crippen LogP contribution in [0, 0.1) is 0 Å². The molecule has 9 heteroatoms. The Labute approximate surface area is 197 Å². The molecule has 3 rings (SSSR count). The highest BCUT2D eigenvalue weighted by molar-refractivity contribution is 8.00. The number of ketones is 1. The molecule has 1 amide bonds. The summed E-state index contributed by atoms with van der Waals surface area (Å²) >= 11 is 1.19. The van der Waals surface area contributed by atoms with Gasteiger partial charge in [-0.25, -0.2) is 4.68 Å². The first-order valence-corrected chi connectivity index (χ1v) is 11.4. The molecule has 0 bridgehead atoms. The molecule has 1 heterocycles. The lowest BCUT2D eigenvalue weighted by molar-refractivity contribution is -0.115. The summed E-state index contributed by atoms with van der Waals surface area (Å²) in [5.74, 6) is 6.98. The van der Waals surface area contributed by atoms with Crippen LogP contribution in [0.5, 0.6) is 5.75 Å². The molecule has 0 aliphatic rings. The van der Waals surface area contributed by atoms with E-state index in [1.165, 1.54) is 28.9 Å². The van der Waals surface area contributed by atoms with Crippen LogP contribution in [-0.4, -0.2) is 31.8 Å². The number of hydrogen-bond donors (Lipinski definition) is 2. The maximum absolute atomic E-state index is 12.6. The summed E-state index contributed by atoms with van der Waals surface area (Å²) in [4.78, 5) is 24.1. The van der Waals surface area contributed by atoms with E-state index >= 15 is 0 Å². The molecular formula is C24H29N5O3S. The minimum Gasteiger partial charge on any atom is -0.486 e. The van der Waals surface area contributed by atoms with Gasteiger partial charge in [0.25, 0.3) is 0 Å². The van der Waals surface area contributed by atoms with Crippen molar-refractivity contribution in [2.24, 2.45) is 0 Å². The molecule has 174 valence electrons. The van der Waals surface area contributed by atoms with Crippen molar-refractivity contribution in [2.45, 2.75) is 57.0 Å². The van der Waals surface area contributed by atoms with E-state index in [2.05, 4.69) is 36.3 Å². The summed E-state index contributed by atoms with van der Waals surface area (Å²) in [7, 11) is 0. The number of carbonyl (C=O) groups is 2. The SMILES string of the molecule is CC(=O)c1cccc(NC(=O)[C@@H](C)Sc2nnc(COc3ccc(C(C)(C)C)cc3)n2N)c1. The zero-order valence-electron chi connectivity index (χ0n) is 19.5. The first-order chi connectivity index (χ1) is 15.5. The molecule has 33 heavy (non-hydrogen) atoms. The molecular weight excluding hydrogens is 438 g/mol. The number of ether oxygens (including phenoxy) is 1. The lowest BCUT2D eigenvalue weighted by Crippen LogP contribution is -2.24. The molecule has 0 saturated heterocycles. The number of aromatic nitrogens is 3. The Morgan fingerprint density at radius 1 is 1.15 bits per heavy atom. The third-order valence-electron chi connectivity index (χ3n) is 5.01. The smallest absolute Gasteiger partial charge is 0.237 e. The predicted molar refractivity (Wildman–Crippen MR) is 130 cm³/mol. The molecule has 1 aromatic heterocycles.